The number of hydrogen-bond donors (Lipinski definition) is 1. The van der Waals surface area contributed by atoms with E-state index < -0.39 is 26.8 Å². The number of aryl methyl sites for hydroxylation is 1. The lowest BCUT2D eigenvalue weighted by Gasteiger charge is -2.16. The Balaban J connectivity index is 2.35. The van der Waals surface area contributed by atoms with Crippen molar-refractivity contribution in [3.8, 4) is 0 Å². The Morgan fingerprint density at radius 2 is 2.14 bits per heavy atom. The molecule has 1 aromatic carbocycles. The Labute approximate surface area is 121 Å². The van der Waals surface area contributed by atoms with Crippen LogP contribution in [0, 0.1) is 23.0 Å². The van der Waals surface area contributed by atoms with Gasteiger partial charge < -0.3 is 5.11 Å². The van der Waals surface area contributed by atoms with Gasteiger partial charge in [-0.3, -0.25) is 14.9 Å². The largest absolute Gasteiger partial charge is 0.481 e. The zero-order valence-electron chi connectivity index (χ0n) is 11.2. The Bertz CT molecular complexity index is 700. The summed E-state index contributed by atoms with van der Waals surface area (Å²) in [5.74, 6) is -1.78. The summed E-state index contributed by atoms with van der Waals surface area (Å²) in [6.07, 6.45) is 0.239. The van der Waals surface area contributed by atoms with Crippen LogP contribution in [-0.4, -0.2) is 41.8 Å². The third-order valence-electron chi connectivity index (χ3n) is 3.52. The number of nitro benzene ring substituents is 1. The number of sulfonamides is 1. The third kappa shape index (κ3) is 2.88. The fourth-order valence-corrected chi connectivity index (χ4v) is 3.76. The van der Waals surface area contributed by atoms with Crippen molar-refractivity contribution in [3.05, 3.63) is 33.9 Å². The summed E-state index contributed by atoms with van der Waals surface area (Å²) in [6, 6.07) is 3.68. The standard InChI is InChI=1S/C12H14N2O6S/c1-8-2-3-10(6-11(8)14(17)18)21(19,20)13-5-4-9(7-13)12(15)16/h2-3,6,9H,4-5,7H2,1H3,(H,15,16). The zero-order valence-corrected chi connectivity index (χ0v) is 12.0. The molecule has 1 fully saturated rings. The first-order chi connectivity index (χ1) is 9.73. The smallest absolute Gasteiger partial charge is 0.307 e. The van der Waals surface area contributed by atoms with E-state index in [4.69, 9.17) is 5.11 Å². The minimum atomic E-state index is -3.91. The average molecular weight is 314 g/mol. The Hall–Kier alpha value is -2.00. The maximum atomic E-state index is 12.4. The van der Waals surface area contributed by atoms with Crippen LogP contribution in [0.25, 0.3) is 0 Å². The van der Waals surface area contributed by atoms with Gasteiger partial charge >= 0.3 is 5.97 Å². The van der Waals surface area contributed by atoms with Crippen LogP contribution >= 0.6 is 0 Å². The molecule has 0 aromatic heterocycles. The minimum absolute atomic E-state index is 0.0982. The average Bonchev–Trinajstić information content (AvgIpc) is 2.89. The first-order valence-corrected chi connectivity index (χ1v) is 7.65. The molecule has 1 saturated heterocycles. The lowest BCUT2D eigenvalue weighted by molar-refractivity contribution is -0.385. The summed E-state index contributed by atoms with van der Waals surface area (Å²) in [4.78, 5) is 20.9. The van der Waals surface area contributed by atoms with Gasteiger partial charge in [-0.25, -0.2) is 8.42 Å². The maximum absolute atomic E-state index is 12.4. The molecule has 0 aliphatic carbocycles. The van der Waals surface area contributed by atoms with E-state index in [0.717, 1.165) is 10.4 Å². The molecule has 0 spiro atoms. The van der Waals surface area contributed by atoms with Gasteiger partial charge in [-0.2, -0.15) is 4.31 Å². The number of aliphatic carboxylic acids is 1. The molecular formula is C12H14N2O6S. The molecule has 0 amide bonds. The van der Waals surface area contributed by atoms with Crippen LogP contribution in [0.5, 0.6) is 0 Å². The molecule has 21 heavy (non-hydrogen) atoms. The molecule has 0 radical (unpaired) electrons. The number of nitrogens with zero attached hydrogens (tertiary/aromatic N) is 2. The molecule has 1 aliphatic heterocycles. The van der Waals surface area contributed by atoms with Crippen molar-refractivity contribution in [1.82, 2.24) is 4.31 Å². The predicted octanol–water partition coefficient (Wildman–Crippen LogP) is 0.998. The molecule has 2 rings (SSSR count). The molecule has 1 aromatic rings. The normalized spacial score (nSPS) is 19.6. The summed E-state index contributed by atoms with van der Waals surface area (Å²) in [5.41, 5.74) is 0.0915. The molecule has 0 bridgehead atoms. The van der Waals surface area contributed by atoms with Crippen molar-refractivity contribution in [3.63, 3.8) is 0 Å². The van der Waals surface area contributed by atoms with E-state index in [2.05, 4.69) is 0 Å². The molecule has 1 heterocycles. The third-order valence-corrected chi connectivity index (χ3v) is 5.38. The zero-order chi connectivity index (χ0) is 15.8. The molecular weight excluding hydrogens is 300 g/mol. The second kappa shape index (κ2) is 5.41. The van der Waals surface area contributed by atoms with E-state index in [1.807, 2.05) is 0 Å². The monoisotopic (exact) mass is 314 g/mol. The molecule has 114 valence electrons. The molecule has 1 aliphatic rings. The molecule has 0 saturated carbocycles. The molecule has 9 heteroatoms. The Morgan fingerprint density at radius 3 is 2.67 bits per heavy atom. The van der Waals surface area contributed by atoms with Gasteiger partial charge in [0.1, 0.15) is 0 Å². The van der Waals surface area contributed by atoms with Crippen LogP contribution in [0.3, 0.4) is 0 Å². The van der Waals surface area contributed by atoms with Gasteiger partial charge in [-0.1, -0.05) is 6.07 Å². The van der Waals surface area contributed by atoms with E-state index in [-0.39, 0.29) is 30.1 Å². The first-order valence-electron chi connectivity index (χ1n) is 6.21. The molecule has 1 unspecified atom stereocenters. The van der Waals surface area contributed by atoms with Crippen molar-refractivity contribution in [2.75, 3.05) is 13.1 Å². The van der Waals surface area contributed by atoms with Crippen LogP contribution in [0.2, 0.25) is 0 Å². The quantitative estimate of drug-likeness (QED) is 0.654. The van der Waals surface area contributed by atoms with Gasteiger partial charge in [0, 0.05) is 24.7 Å². The molecule has 1 atom stereocenters. The van der Waals surface area contributed by atoms with Crippen LogP contribution in [0.4, 0.5) is 5.69 Å². The van der Waals surface area contributed by atoms with Gasteiger partial charge in [-0.15, -0.1) is 0 Å². The van der Waals surface area contributed by atoms with Crippen molar-refractivity contribution in [1.29, 1.82) is 0 Å². The van der Waals surface area contributed by atoms with Gasteiger partial charge in [0.25, 0.3) is 5.69 Å². The summed E-state index contributed by atoms with van der Waals surface area (Å²) in [6.45, 7) is 1.51. The number of nitro groups is 1. The van der Waals surface area contributed by atoms with Gasteiger partial charge in [0.2, 0.25) is 10.0 Å². The van der Waals surface area contributed by atoms with Crippen molar-refractivity contribution >= 4 is 21.7 Å². The lowest BCUT2D eigenvalue weighted by atomic mass is 10.1. The van der Waals surface area contributed by atoms with Crippen LogP contribution < -0.4 is 0 Å². The number of carboxylic acids is 1. The summed E-state index contributed by atoms with van der Waals surface area (Å²) >= 11 is 0. The van der Waals surface area contributed by atoms with Gasteiger partial charge in [0.15, 0.2) is 0 Å². The van der Waals surface area contributed by atoms with Crippen LogP contribution in [0.15, 0.2) is 23.1 Å². The molecule has 8 nitrogen and oxygen atoms in total. The number of carboxylic acid groups (broad SMARTS) is 1. The highest BCUT2D eigenvalue weighted by Crippen LogP contribution is 2.28. The minimum Gasteiger partial charge on any atom is -0.481 e. The van der Waals surface area contributed by atoms with E-state index in [9.17, 15) is 23.3 Å². The van der Waals surface area contributed by atoms with E-state index in [1.165, 1.54) is 19.1 Å². The fourth-order valence-electron chi connectivity index (χ4n) is 2.24. The van der Waals surface area contributed by atoms with E-state index in [0.29, 0.717) is 5.56 Å². The number of carbonyl (C=O) groups is 1. The number of benzene rings is 1. The van der Waals surface area contributed by atoms with E-state index in [1.54, 1.807) is 0 Å². The summed E-state index contributed by atoms with van der Waals surface area (Å²) < 4.78 is 25.9. The van der Waals surface area contributed by atoms with Crippen molar-refractivity contribution in [2.45, 2.75) is 18.2 Å². The van der Waals surface area contributed by atoms with Crippen molar-refractivity contribution in [2.24, 2.45) is 5.92 Å². The topological polar surface area (TPSA) is 118 Å². The van der Waals surface area contributed by atoms with E-state index >= 15 is 0 Å². The SMILES string of the molecule is Cc1ccc(S(=O)(=O)N2CCC(C(=O)O)C2)cc1[N+](=O)[O-]. The fraction of sp³-hybridized carbons (Fsp3) is 0.417. The lowest BCUT2D eigenvalue weighted by Crippen LogP contribution is -2.30. The second-order valence-electron chi connectivity index (χ2n) is 4.89. The van der Waals surface area contributed by atoms with Crippen LogP contribution in [0.1, 0.15) is 12.0 Å². The van der Waals surface area contributed by atoms with Crippen molar-refractivity contribution < 1.29 is 23.2 Å². The summed E-state index contributed by atoms with van der Waals surface area (Å²) in [5, 5.41) is 19.8. The maximum Gasteiger partial charge on any atom is 0.307 e. The highest BCUT2D eigenvalue weighted by atomic mass is 32.2. The summed E-state index contributed by atoms with van der Waals surface area (Å²) in [7, 11) is -3.91. The number of rotatable bonds is 4. The molecule has 1 N–H and O–H groups in total. The number of hydrogen-bond acceptors (Lipinski definition) is 5. The predicted molar refractivity (Wildman–Crippen MR) is 72.3 cm³/mol. The first kappa shape index (κ1) is 15.4. The highest BCUT2D eigenvalue weighted by molar-refractivity contribution is 7.89. The highest BCUT2D eigenvalue weighted by Gasteiger charge is 2.36. The van der Waals surface area contributed by atoms with Gasteiger partial charge in [0.05, 0.1) is 15.7 Å². The Morgan fingerprint density at radius 1 is 1.48 bits per heavy atom. The Kier molecular flexibility index (Phi) is 3.97. The second-order valence-corrected chi connectivity index (χ2v) is 6.83. The van der Waals surface area contributed by atoms with Gasteiger partial charge in [-0.05, 0) is 19.4 Å². The van der Waals surface area contributed by atoms with Crippen LogP contribution in [-0.2, 0) is 14.8 Å².